The molecule has 3 rings (SSSR count). The van der Waals surface area contributed by atoms with Crippen LogP contribution in [0.1, 0.15) is 16.7 Å². The first-order valence-corrected chi connectivity index (χ1v) is 6.57. The molecule has 0 N–H and O–H groups in total. The van der Waals surface area contributed by atoms with Gasteiger partial charge in [-0.25, -0.2) is 0 Å². The first-order chi connectivity index (χ1) is 9.13. The summed E-state index contributed by atoms with van der Waals surface area (Å²) in [5.74, 6) is 0. The lowest BCUT2D eigenvalue weighted by Gasteiger charge is -2.08. The Morgan fingerprint density at radius 2 is 1.47 bits per heavy atom. The zero-order valence-corrected chi connectivity index (χ0v) is 11.6. The molecule has 1 aromatic heterocycles. The second-order valence-corrected chi connectivity index (χ2v) is 5.26. The second kappa shape index (κ2) is 4.51. The van der Waals surface area contributed by atoms with Gasteiger partial charge in [0.05, 0.1) is 5.69 Å². The fourth-order valence-corrected chi connectivity index (χ4v) is 2.62. The highest BCUT2D eigenvalue weighted by Crippen LogP contribution is 2.28. The van der Waals surface area contributed by atoms with Crippen molar-refractivity contribution in [3.63, 3.8) is 0 Å². The summed E-state index contributed by atoms with van der Waals surface area (Å²) < 4.78 is 0. The van der Waals surface area contributed by atoms with E-state index in [4.69, 9.17) is 0 Å². The second-order valence-electron chi connectivity index (χ2n) is 5.26. The van der Waals surface area contributed by atoms with E-state index in [1.54, 1.807) is 0 Å². The van der Waals surface area contributed by atoms with E-state index in [2.05, 4.69) is 68.2 Å². The van der Waals surface area contributed by atoms with Crippen molar-refractivity contribution in [1.82, 2.24) is 4.98 Å². The lowest BCUT2D eigenvalue weighted by molar-refractivity contribution is 1.32. The Bertz CT molecular complexity index is 736. The third-order valence-corrected chi connectivity index (χ3v) is 3.42. The van der Waals surface area contributed by atoms with Crippen LogP contribution < -0.4 is 0 Å². The largest absolute Gasteiger partial charge is 0.256 e. The van der Waals surface area contributed by atoms with Crippen molar-refractivity contribution in [3.8, 4) is 11.3 Å². The molecule has 2 aromatic carbocycles. The number of hydrogen-bond acceptors (Lipinski definition) is 1. The number of pyridine rings is 1. The third-order valence-electron chi connectivity index (χ3n) is 3.42. The standard InChI is InChI=1S/C18H17N/c1-12-4-5-15-6-7-19-18(17(15)11-12)16-9-13(2)8-14(3)10-16/h4-11H,1-3H3. The smallest absolute Gasteiger partial charge is 0.0780 e. The van der Waals surface area contributed by atoms with E-state index in [9.17, 15) is 0 Å². The molecular weight excluding hydrogens is 230 g/mol. The van der Waals surface area contributed by atoms with Gasteiger partial charge in [-0.15, -0.1) is 0 Å². The van der Waals surface area contributed by atoms with E-state index in [0.717, 1.165) is 5.69 Å². The van der Waals surface area contributed by atoms with Gasteiger partial charge in [-0.3, -0.25) is 4.98 Å². The molecule has 0 unspecified atom stereocenters. The van der Waals surface area contributed by atoms with E-state index >= 15 is 0 Å². The van der Waals surface area contributed by atoms with Gasteiger partial charge in [-0.1, -0.05) is 34.9 Å². The van der Waals surface area contributed by atoms with E-state index < -0.39 is 0 Å². The summed E-state index contributed by atoms with van der Waals surface area (Å²) in [6.45, 7) is 6.39. The first-order valence-electron chi connectivity index (χ1n) is 6.57. The summed E-state index contributed by atoms with van der Waals surface area (Å²) in [7, 11) is 0. The topological polar surface area (TPSA) is 12.9 Å². The fourth-order valence-electron chi connectivity index (χ4n) is 2.62. The number of aromatic nitrogens is 1. The molecule has 0 radical (unpaired) electrons. The molecule has 0 amide bonds. The monoisotopic (exact) mass is 247 g/mol. The summed E-state index contributed by atoms with van der Waals surface area (Å²) in [4.78, 5) is 4.60. The van der Waals surface area contributed by atoms with Crippen LogP contribution in [0.2, 0.25) is 0 Å². The van der Waals surface area contributed by atoms with Gasteiger partial charge in [0.25, 0.3) is 0 Å². The van der Waals surface area contributed by atoms with E-state index in [1.165, 1.54) is 33.0 Å². The maximum Gasteiger partial charge on any atom is 0.0780 e. The van der Waals surface area contributed by atoms with Gasteiger partial charge in [0, 0.05) is 17.1 Å². The minimum Gasteiger partial charge on any atom is -0.256 e. The van der Waals surface area contributed by atoms with Crippen molar-refractivity contribution >= 4 is 10.8 Å². The van der Waals surface area contributed by atoms with E-state index in [0.29, 0.717) is 0 Å². The summed E-state index contributed by atoms with van der Waals surface area (Å²) in [5, 5.41) is 2.47. The van der Waals surface area contributed by atoms with Crippen LogP contribution in [-0.4, -0.2) is 4.98 Å². The minimum absolute atomic E-state index is 1.08. The highest BCUT2D eigenvalue weighted by molar-refractivity contribution is 5.95. The Morgan fingerprint density at radius 1 is 0.737 bits per heavy atom. The molecule has 19 heavy (non-hydrogen) atoms. The molecule has 0 aliphatic heterocycles. The van der Waals surface area contributed by atoms with E-state index in [1.807, 2.05) is 6.20 Å². The predicted molar refractivity (Wildman–Crippen MR) is 81.4 cm³/mol. The van der Waals surface area contributed by atoms with Crippen LogP contribution in [-0.2, 0) is 0 Å². The Hall–Kier alpha value is -2.15. The molecule has 0 bridgehead atoms. The molecule has 0 saturated carbocycles. The molecule has 0 spiro atoms. The molecule has 0 aliphatic rings. The van der Waals surface area contributed by atoms with Gasteiger partial charge in [-0.2, -0.15) is 0 Å². The van der Waals surface area contributed by atoms with Crippen molar-refractivity contribution in [2.45, 2.75) is 20.8 Å². The fraction of sp³-hybridized carbons (Fsp3) is 0.167. The number of hydrogen-bond donors (Lipinski definition) is 0. The number of rotatable bonds is 1. The summed E-state index contributed by atoms with van der Waals surface area (Å²) in [5.41, 5.74) is 6.11. The van der Waals surface area contributed by atoms with Crippen LogP contribution >= 0.6 is 0 Å². The predicted octanol–water partition coefficient (Wildman–Crippen LogP) is 4.83. The highest BCUT2D eigenvalue weighted by Gasteiger charge is 2.06. The number of aryl methyl sites for hydroxylation is 3. The molecule has 0 aliphatic carbocycles. The van der Waals surface area contributed by atoms with Gasteiger partial charge in [-0.05, 0) is 50.4 Å². The van der Waals surface area contributed by atoms with Crippen LogP contribution in [0.4, 0.5) is 0 Å². The minimum atomic E-state index is 1.08. The van der Waals surface area contributed by atoms with Crippen LogP contribution in [0.3, 0.4) is 0 Å². The van der Waals surface area contributed by atoms with Crippen LogP contribution in [0, 0.1) is 20.8 Å². The molecule has 1 heteroatoms. The Balaban J connectivity index is 2.32. The van der Waals surface area contributed by atoms with Crippen molar-refractivity contribution < 1.29 is 0 Å². The molecular formula is C18H17N. The SMILES string of the molecule is Cc1cc(C)cc(-c2nccc3ccc(C)cc23)c1. The van der Waals surface area contributed by atoms with Crippen molar-refractivity contribution in [1.29, 1.82) is 0 Å². The van der Waals surface area contributed by atoms with Gasteiger partial charge < -0.3 is 0 Å². The van der Waals surface area contributed by atoms with Crippen molar-refractivity contribution in [2.75, 3.05) is 0 Å². The molecule has 94 valence electrons. The first kappa shape index (κ1) is 11.9. The maximum atomic E-state index is 4.60. The van der Waals surface area contributed by atoms with Gasteiger partial charge in [0.15, 0.2) is 0 Å². The molecule has 3 aromatic rings. The van der Waals surface area contributed by atoms with Crippen LogP contribution in [0.15, 0.2) is 48.7 Å². The summed E-state index contributed by atoms with van der Waals surface area (Å²) in [6, 6.07) is 15.2. The third kappa shape index (κ3) is 2.24. The molecule has 0 fully saturated rings. The lowest BCUT2D eigenvalue weighted by atomic mass is 9.99. The van der Waals surface area contributed by atoms with Crippen LogP contribution in [0.5, 0.6) is 0 Å². The van der Waals surface area contributed by atoms with Crippen LogP contribution in [0.25, 0.3) is 22.0 Å². The Labute approximate surface area is 113 Å². The lowest BCUT2D eigenvalue weighted by Crippen LogP contribution is -1.89. The zero-order chi connectivity index (χ0) is 13.4. The van der Waals surface area contributed by atoms with Crippen molar-refractivity contribution in [2.24, 2.45) is 0 Å². The molecule has 0 atom stereocenters. The quantitative estimate of drug-likeness (QED) is 0.600. The number of nitrogens with zero attached hydrogens (tertiary/aromatic N) is 1. The Kier molecular flexibility index (Phi) is 2.83. The van der Waals surface area contributed by atoms with Gasteiger partial charge in [0.1, 0.15) is 0 Å². The maximum absolute atomic E-state index is 4.60. The molecule has 1 heterocycles. The highest BCUT2D eigenvalue weighted by atomic mass is 14.7. The van der Waals surface area contributed by atoms with Gasteiger partial charge in [0.2, 0.25) is 0 Å². The average Bonchev–Trinajstić information content (AvgIpc) is 2.36. The van der Waals surface area contributed by atoms with Gasteiger partial charge >= 0.3 is 0 Å². The number of fused-ring (bicyclic) bond motifs is 1. The summed E-state index contributed by atoms with van der Waals surface area (Å²) in [6.07, 6.45) is 1.89. The van der Waals surface area contributed by atoms with Crippen molar-refractivity contribution in [3.05, 3.63) is 65.4 Å². The number of benzene rings is 2. The molecule has 0 saturated heterocycles. The molecule has 1 nitrogen and oxygen atoms in total. The zero-order valence-electron chi connectivity index (χ0n) is 11.6. The Morgan fingerprint density at radius 3 is 2.21 bits per heavy atom. The normalized spacial score (nSPS) is 10.9. The van der Waals surface area contributed by atoms with E-state index in [-0.39, 0.29) is 0 Å². The average molecular weight is 247 g/mol. The summed E-state index contributed by atoms with van der Waals surface area (Å²) >= 11 is 0.